The van der Waals surface area contributed by atoms with Crippen molar-refractivity contribution < 1.29 is 9.72 Å². The minimum Gasteiger partial charge on any atom is -0.354 e. The van der Waals surface area contributed by atoms with E-state index in [2.05, 4.69) is 15.4 Å². The van der Waals surface area contributed by atoms with E-state index in [9.17, 15) is 19.7 Å². The monoisotopic (exact) mass is 446 g/mol. The number of carbonyl (C=O) groups excluding carboxylic acids is 1. The maximum absolute atomic E-state index is 12.8. The molecule has 0 saturated carbocycles. The molecule has 0 radical (unpaired) electrons. The zero-order valence-electron chi connectivity index (χ0n) is 18.0. The summed E-state index contributed by atoms with van der Waals surface area (Å²) in [5, 5.41) is 18.2. The summed E-state index contributed by atoms with van der Waals surface area (Å²) in [5.41, 5.74) is 3.09. The highest BCUT2D eigenvalue weighted by molar-refractivity contribution is 5.78. The van der Waals surface area contributed by atoms with Crippen molar-refractivity contribution in [2.24, 2.45) is 0 Å². The fourth-order valence-corrected chi connectivity index (χ4v) is 3.57. The van der Waals surface area contributed by atoms with E-state index in [0.717, 1.165) is 11.1 Å². The molecule has 0 bridgehead atoms. The molecule has 0 saturated heterocycles. The average molecular weight is 446 g/mol. The first-order valence-electron chi connectivity index (χ1n) is 10.4. The van der Waals surface area contributed by atoms with Gasteiger partial charge in [-0.15, -0.1) is 0 Å². The van der Waals surface area contributed by atoms with Crippen LogP contribution in [0.4, 0.5) is 5.69 Å². The number of nitro groups is 1. The van der Waals surface area contributed by atoms with E-state index in [1.54, 1.807) is 21.4 Å². The molecule has 0 unspecified atom stereocenters. The lowest BCUT2D eigenvalue weighted by Crippen LogP contribution is -2.29. The molecule has 4 rings (SSSR count). The Morgan fingerprint density at radius 3 is 2.67 bits per heavy atom. The van der Waals surface area contributed by atoms with Crippen LogP contribution < -0.4 is 10.9 Å². The highest BCUT2D eigenvalue weighted by Crippen LogP contribution is 2.12. The van der Waals surface area contributed by atoms with E-state index in [0.29, 0.717) is 36.2 Å². The van der Waals surface area contributed by atoms with Gasteiger partial charge >= 0.3 is 0 Å². The van der Waals surface area contributed by atoms with Gasteiger partial charge in [-0.3, -0.25) is 24.3 Å². The number of nitrogens with one attached hydrogen (secondary N) is 1. The van der Waals surface area contributed by atoms with Gasteiger partial charge in [0.25, 0.3) is 11.2 Å². The van der Waals surface area contributed by atoms with Gasteiger partial charge in [-0.1, -0.05) is 42.0 Å². The summed E-state index contributed by atoms with van der Waals surface area (Å²) < 4.78 is 3.13. The van der Waals surface area contributed by atoms with Crippen molar-refractivity contribution in [3.8, 4) is 0 Å². The number of amides is 1. The van der Waals surface area contributed by atoms with E-state index >= 15 is 0 Å². The Morgan fingerprint density at radius 1 is 1.15 bits per heavy atom. The molecule has 2 heterocycles. The summed E-state index contributed by atoms with van der Waals surface area (Å²) >= 11 is 0. The number of fused-ring (bicyclic) bond motifs is 1. The maximum atomic E-state index is 12.8. The minimum atomic E-state index is -0.482. The van der Waals surface area contributed by atoms with Crippen LogP contribution in [0.25, 0.3) is 11.0 Å². The van der Waals surface area contributed by atoms with Crippen LogP contribution in [0.15, 0.2) is 65.8 Å². The third-order valence-corrected chi connectivity index (χ3v) is 5.22. The van der Waals surface area contributed by atoms with E-state index in [1.165, 1.54) is 24.7 Å². The van der Waals surface area contributed by atoms with Gasteiger partial charge in [-0.05, 0) is 18.1 Å². The fraction of sp³-hybridized carbons (Fsp3) is 0.217. The number of aromatic nitrogens is 4. The van der Waals surface area contributed by atoms with Gasteiger partial charge in [0, 0.05) is 18.7 Å². The summed E-state index contributed by atoms with van der Waals surface area (Å²) in [6, 6.07) is 13.8. The first kappa shape index (κ1) is 21.9. The molecular weight excluding hydrogens is 424 g/mol. The van der Waals surface area contributed by atoms with Crippen molar-refractivity contribution in [3.05, 3.63) is 98.2 Å². The Labute approximate surface area is 188 Å². The SMILES string of the molecule is Cc1cccc(Cn2cnc3c(cnn3CCNC(=O)Cc3ccc([N+](=O)[O-])cc3)c2=O)c1. The van der Waals surface area contributed by atoms with Crippen molar-refractivity contribution in [2.45, 2.75) is 26.4 Å². The van der Waals surface area contributed by atoms with E-state index in [1.807, 2.05) is 31.2 Å². The molecule has 2 aromatic heterocycles. The second kappa shape index (κ2) is 9.43. The van der Waals surface area contributed by atoms with Crippen LogP contribution in [0, 0.1) is 17.0 Å². The number of carbonyl (C=O) groups is 1. The number of non-ortho nitro benzene ring substituents is 1. The van der Waals surface area contributed by atoms with Gasteiger partial charge in [0.05, 0.1) is 30.6 Å². The number of benzene rings is 2. The Balaban J connectivity index is 1.37. The van der Waals surface area contributed by atoms with Crippen LogP contribution in [0.2, 0.25) is 0 Å². The Bertz CT molecular complexity index is 1370. The molecule has 0 spiro atoms. The lowest BCUT2D eigenvalue weighted by molar-refractivity contribution is -0.384. The van der Waals surface area contributed by atoms with Gasteiger partial charge in [-0.25, -0.2) is 9.67 Å². The number of rotatable bonds is 8. The highest BCUT2D eigenvalue weighted by Gasteiger charge is 2.11. The van der Waals surface area contributed by atoms with Gasteiger partial charge in [-0.2, -0.15) is 5.10 Å². The molecule has 0 aliphatic rings. The Kier molecular flexibility index (Phi) is 6.25. The average Bonchev–Trinajstić information content (AvgIpc) is 3.20. The number of nitro benzene ring substituents is 1. The summed E-state index contributed by atoms with van der Waals surface area (Å²) in [6.45, 7) is 3.08. The van der Waals surface area contributed by atoms with Gasteiger partial charge in [0.1, 0.15) is 11.7 Å². The first-order chi connectivity index (χ1) is 15.9. The molecule has 0 fully saturated rings. The van der Waals surface area contributed by atoms with Crippen LogP contribution in [0.5, 0.6) is 0 Å². The van der Waals surface area contributed by atoms with Crippen molar-refractivity contribution >= 4 is 22.6 Å². The predicted octanol–water partition coefficient (Wildman–Crippen LogP) is 2.22. The zero-order chi connectivity index (χ0) is 23.4. The van der Waals surface area contributed by atoms with Crippen LogP contribution in [-0.4, -0.2) is 36.7 Å². The van der Waals surface area contributed by atoms with Crippen molar-refractivity contribution in [1.29, 1.82) is 0 Å². The van der Waals surface area contributed by atoms with Gasteiger partial charge < -0.3 is 5.32 Å². The van der Waals surface area contributed by atoms with Crippen molar-refractivity contribution in [3.63, 3.8) is 0 Å². The van der Waals surface area contributed by atoms with E-state index < -0.39 is 4.92 Å². The molecule has 4 aromatic rings. The summed E-state index contributed by atoms with van der Waals surface area (Å²) in [6.07, 6.45) is 3.12. The van der Waals surface area contributed by atoms with Crippen LogP contribution >= 0.6 is 0 Å². The molecule has 0 atom stereocenters. The lowest BCUT2D eigenvalue weighted by atomic mass is 10.1. The third-order valence-electron chi connectivity index (χ3n) is 5.22. The molecule has 10 nitrogen and oxygen atoms in total. The molecule has 0 aliphatic heterocycles. The quantitative estimate of drug-likeness (QED) is 0.327. The molecule has 0 aliphatic carbocycles. The number of hydrogen-bond donors (Lipinski definition) is 1. The standard InChI is InChI=1S/C23H22N6O4/c1-16-3-2-4-18(11-16)14-27-15-25-22-20(23(27)31)13-26-28(22)10-9-24-21(30)12-17-5-7-19(8-6-17)29(32)33/h2-8,11,13,15H,9-10,12,14H2,1H3,(H,24,30). The number of hydrogen-bond acceptors (Lipinski definition) is 6. The Hall–Kier alpha value is -4.34. The molecule has 10 heteroatoms. The summed E-state index contributed by atoms with van der Waals surface area (Å²) in [4.78, 5) is 39.6. The fourth-order valence-electron chi connectivity index (χ4n) is 3.57. The Morgan fingerprint density at radius 2 is 1.94 bits per heavy atom. The van der Waals surface area contributed by atoms with Crippen LogP contribution in [0.3, 0.4) is 0 Å². The molecule has 168 valence electrons. The summed E-state index contributed by atoms with van der Waals surface area (Å²) in [5.74, 6) is -0.214. The molecule has 1 N–H and O–H groups in total. The lowest BCUT2D eigenvalue weighted by Gasteiger charge is -2.08. The predicted molar refractivity (Wildman–Crippen MR) is 122 cm³/mol. The van der Waals surface area contributed by atoms with Gasteiger partial charge in [0.15, 0.2) is 5.65 Å². The first-order valence-corrected chi connectivity index (χ1v) is 10.4. The van der Waals surface area contributed by atoms with E-state index in [4.69, 9.17) is 0 Å². The number of nitrogens with zero attached hydrogens (tertiary/aromatic N) is 5. The third kappa shape index (κ3) is 5.12. The highest BCUT2D eigenvalue weighted by atomic mass is 16.6. The smallest absolute Gasteiger partial charge is 0.269 e. The number of aryl methyl sites for hydroxylation is 1. The van der Waals surface area contributed by atoms with E-state index in [-0.39, 0.29) is 23.6 Å². The van der Waals surface area contributed by atoms with Crippen molar-refractivity contribution in [2.75, 3.05) is 6.54 Å². The summed E-state index contributed by atoms with van der Waals surface area (Å²) in [7, 11) is 0. The molecule has 2 aromatic carbocycles. The van der Waals surface area contributed by atoms with Crippen molar-refractivity contribution in [1.82, 2.24) is 24.6 Å². The largest absolute Gasteiger partial charge is 0.354 e. The second-order valence-electron chi connectivity index (χ2n) is 7.72. The minimum absolute atomic E-state index is 0.0184. The zero-order valence-corrected chi connectivity index (χ0v) is 18.0. The van der Waals surface area contributed by atoms with Crippen LogP contribution in [0.1, 0.15) is 16.7 Å². The van der Waals surface area contributed by atoms with Crippen LogP contribution in [-0.2, 0) is 24.3 Å². The van der Waals surface area contributed by atoms with Gasteiger partial charge in [0.2, 0.25) is 5.91 Å². The topological polar surface area (TPSA) is 125 Å². The normalized spacial score (nSPS) is 10.9. The molecule has 1 amide bonds. The molecular formula is C23H22N6O4. The molecule has 33 heavy (non-hydrogen) atoms. The maximum Gasteiger partial charge on any atom is 0.269 e. The second-order valence-corrected chi connectivity index (χ2v) is 7.72.